The summed E-state index contributed by atoms with van der Waals surface area (Å²) in [6, 6.07) is 15.3. The van der Waals surface area contributed by atoms with Gasteiger partial charge in [-0.1, -0.05) is 80.1 Å². The number of hydrogen-bond acceptors (Lipinski definition) is 21. The Labute approximate surface area is 502 Å². The van der Waals surface area contributed by atoms with Crippen molar-refractivity contribution in [2.24, 2.45) is 23.1 Å². The Morgan fingerprint density at radius 1 is 0.747 bits per heavy atom. The summed E-state index contributed by atoms with van der Waals surface area (Å²) in [6.07, 6.45) is 2.24. The fourth-order valence-electron chi connectivity index (χ4n) is 9.65. The predicted molar refractivity (Wildman–Crippen MR) is 313 cm³/mol. The number of fused-ring (bicyclic) bond motifs is 2. The average Bonchev–Trinajstić information content (AvgIpc) is 2.44. The Balaban J connectivity index is 1.48. The molecule has 1 aromatic heterocycles. The fraction of sp³-hybridized carbons (Fsp3) is 0.436. The Morgan fingerprint density at radius 2 is 1.29 bits per heavy atom. The molecular formula is C55H72N14O16S2. The van der Waals surface area contributed by atoms with Gasteiger partial charge in [-0.3, -0.25) is 44.2 Å². The Bertz CT molecular complexity index is 3360. The second-order valence-electron chi connectivity index (χ2n) is 20.8. The van der Waals surface area contributed by atoms with Crippen LogP contribution in [0.2, 0.25) is 0 Å². The molecule has 0 saturated carbocycles. The maximum Gasteiger partial charge on any atom is 0.289 e. The number of aromatic nitrogens is 3. The van der Waals surface area contributed by atoms with Crippen molar-refractivity contribution in [2.75, 3.05) is 46.4 Å². The number of nitro groups is 2. The zero-order chi connectivity index (χ0) is 63.6. The minimum absolute atomic E-state index is 0.00962. The number of hydroxylamine groups is 1. The van der Waals surface area contributed by atoms with E-state index in [4.69, 9.17) is 26.8 Å². The van der Waals surface area contributed by atoms with Crippen molar-refractivity contribution >= 4 is 61.0 Å². The van der Waals surface area contributed by atoms with Crippen LogP contribution in [-0.4, -0.2) is 160 Å². The number of carbonyl (C=O) groups is 5. The summed E-state index contributed by atoms with van der Waals surface area (Å²) in [5.41, 5.74) is 18.6. The molecule has 30 nitrogen and oxygen atoms in total. The van der Waals surface area contributed by atoms with E-state index >= 15 is 16.8 Å². The summed E-state index contributed by atoms with van der Waals surface area (Å²) >= 11 is 0. The topological polar surface area (TPSA) is 433 Å². The van der Waals surface area contributed by atoms with E-state index in [9.17, 15) is 49.3 Å². The molecular weight excluding hydrogens is 1180 g/mol. The van der Waals surface area contributed by atoms with E-state index in [1.54, 1.807) is 30.3 Å². The summed E-state index contributed by atoms with van der Waals surface area (Å²) in [4.78, 5) is 96.8. The van der Waals surface area contributed by atoms with Gasteiger partial charge in [-0.05, 0) is 74.4 Å². The lowest BCUT2D eigenvalue weighted by Crippen LogP contribution is -2.54. The van der Waals surface area contributed by atoms with Gasteiger partial charge in [-0.15, -0.1) is 5.10 Å². The highest BCUT2D eigenvalue weighted by molar-refractivity contribution is 7.89. The van der Waals surface area contributed by atoms with Gasteiger partial charge in [-0.25, -0.2) is 16.8 Å². The van der Waals surface area contributed by atoms with Crippen molar-refractivity contribution in [3.05, 3.63) is 145 Å². The summed E-state index contributed by atoms with van der Waals surface area (Å²) in [6.45, 7) is -0.758. The molecule has 4 aromatic carbocycles. The molecule has 32 heteroatoms. The van der Waals surface area contributed by atoms with Crippen LogP contribution >= 0.6 is 0 Å². The number of nitro benzene ring substituents is 2. The van der Waals surface area contributed by atoms with Crippen LogP contribution in [0.25, 0.3) is 0 Å². The van der Waals surface area contributed by atoms with Crippen LogP contribution in [0.5, 0.6) is 5.75 Å². The van der Waals surface area contributed by atoms with Crippen molar-refractivity contribution in [1.29, 1.82) is 0 Å². The highest BCUT2D eigenvalue weighted by Crippen LogP contribution is 2.36. The first kappa shape index (κ1) is 67.9. The number of nitrogens with zero attached hydrogens (tertiary/aromatic N) is 8. The number of nitrogens with two attached hydrogens (primary N) is 3. The lowest BCUT2D eigenvalue weighted by molar-refractivity contribution is -0.388. The van der Waals surface area contributed by atoms with E-state index in [0.29, 0.717) is 31.4 Å². The molecule has 4 atom stereocenters. The quantitative estimate of drug-likeness (QED) is 0.0223. The molecule has 0 unspecified atom stereocenters. The van der Waals surface area contributed by atoms with Crippen LogP contribution < -0.4 is 38.1 Å². The average molecular weight is 1250 g/mol. The monoisotopic (exact) mass is 1250 g/mol. The zero-order valence-electron chi connectivity index (χ0n) is 48.1. The third-order valence-corrected chi connectivity index (χ3v) is 17.8. The van der Waals surface area contributed by atoms with Gasteiger partial charge in [0.2, 0.25) is 43.7 Å². The lowest BCUT2D eigenvalue weighted by Gasteiger charge is -2.31. The van der Waals surface area contributed by atoms with Crippen molar-refractivity contribution in [2.45, 2.75) is 112 Å². The number of rotatable bonds is 27. The lowest BCUT2D eigenvalue weighted by atomic mass is 10.0. The van der Waals surface area contributed by atoms with Gasteiger partial charge in [0.05, 0.1) is 35.8 Å². The van der Waals surface area contributed by atoms with E-state index in [1.807, 2.05) is 13.8 Å². The molecule has 0 radical (unpaired) electrons. The molecule has 4 amide bonds. The summed E-state index contributed by atoms with van der Waals surface area (Å²) in [5, 5.41) is 48.8. The SMILES string of the molecule is CON[C@@H](CC(C)C)C(=O)N[C@@H](Cc1ccccc1)C(=O)n1cc(COc2c3cc(C(N)=O)cc2CN(S(=O)(=O)c2ccccc2[N+](=O)[O-])CCCN(C(=O)[C@H](CO)NC(=O)[C@@H](N)CCCCN)CCCN(S(=O)(=O)c2ccccc2[N+](=O)[O-])C3)nn1. The minimum atomic E-state index is -5.00. The number of hydrogen-bond donors (Lipinski definition) is 7. The van der Waals surface area contributed by atoms with Crippen molar-refractivity contribution < 1.29 is 65.3 Å². The largest absolute Gasteiger partial charge is 0.486 e. The number of ether oxygens (including phenoxy) is 1. The molecule has 5 aromatic rings. The number of carbonyl (C=O) groups excluding carboxylic acids is 5. The number of aliphatic hydroxyl groups excluding tert-OH is 1. The Hall–Kier alpha value is -8.21. The molecule has 0 spiro atoms. The first-order valence-corrected chi connectivity index (χ1v) is 30.6. The van der Waals surface area contributed by atoms with Gasteiger partial charge in [0.15, 0.2) is 9.79 Å². The van der Waals surface area contributed by atoms with E-state index in [2.05, 4.69) is 26.4 Å². The molecule has 0 aliphatic carbocycles. The number of aliphatic hydroxyl groups is 1. The van der Waals surface area contributed by atoms with Gasteiger partial charge in [0, 0.05) is 74.5 Å². The smallest absolute Gasteiger partial charge is 0.289 e. The van der Waals surface area contributed by atoms with Gasteiger partial charge < -0.3 is 47.4 Å². The van der Waals surface area contributed by atoms with E-state index in [1.165, 1.54) is 37.6 Å². The second kappa shape index (κ2) is 31.4. The third-order valence-electron chi connectivity index (χ3n) is 14.0. The molecule has 470 valence electrons. The van der Waals surface area contributed by atoms with Crippen molar-refractivity contribution in [1.82, 2.24) is 44.6 Å². The Morgan fingerprint density at radius 3 is 1.79 bits per heavy atom. The first-order chi connectivity index (χ1) is 41.4. The Kier molecular flexibility index (Phi) is 24.5. The molecule has 0 fully saturated rings. The van der Waals surface area contributed by atoms with Gasteiger partial charge in [-0.2, -0.15) is 18.8 Å². The molecule has 10 N–H and O–H groups in total. The number of para-hydroxylation sites is 2. The van der Waals surface area contributed by atoms with Gasteiger partial charge in [0.25, 0.3) is 17.3 Å². The summed E-state index contributed by atoms with van der Waals surface area (Å²) in [7, 11) is -8.66. The van der Waals surface area contributed by atoms with Crippen molar-refractivity contribution in [3.63, 3.8) is 0 Å². The van der Waals surface area contributed by atoms with Crippen LogP contribution in [0.3, 0.4) is 0 Å². The van der Waals surface area contributed by atoms with Crippen LogP contribution in [0.15, 0.2) is 107 Å². The number of primary amides is 1. The fourth-order valence-corrected chi connectivity index (χ4v) is 12.9. The number of amides is 4. The summed E-state index contributed by atoms with van der Waals surface area (Å²) < 4.78 is 69.1. The van der Waals surface area contributed by atoms with E-state index < -0.39 is 144 Å². The van der Waals surface area contributed by atoms with E-state index in [-0.39, 0.29) is 72.8 Å². The molecule has 6 rings (SSSR count). The normalized spacial score (nSPS) is 15.3. The highest BCUT2D eigenvalue weighted by atomic mass is 32.2. The van der Waals surface area contributed by atoms with Crippen LogP contribution in [-0.2, 0) is 65.4 Å². The number of nitrogens with one attached hydrogen (secondary N) is 3. The highest BCUT2D eigenvalue weighted by Gasteiger charge is 2.37. The minimum Gasteiger partial charge on any atom is -0.486 e. The molecule has 2 bridgehead atoms. The first-order valence-electron chi connectivity index (χ1n) is 27.7. The number of benzene rings is 4. The van der Waals surface area contributed by atoms with E-state index in [0.717, 1.165) is 54.6 Å². The summed E-state index contributed by atoms with van der Waals surface area (Å²) in [5.74, 6) is -4.29. The predicted octanol–water partition coefficient (Wildman–Crippen LogP) is 1.64. The van der Waals surface area contributed by atoms with Gasteiger partial charge >= 0.3 is 0 Å². The molecule has 1 aliphatic rings. The number of unbranched alkanes of at least 4 members (excludes halogenated alkanes) is 1. The third kappa shape index (κ3) is 17.9. The van der Waals surface area contributed by atoms with Crippen LogP contribution in [0, 0.1) is 26.1 Å². The molecule has 2 heterocycles. The zero-order valence-corrected chi connectivity index (χ0v) is 49.8. The van der Waals surface area contributed by atoms with Gasteiger partial charge in [0.1, 0.15) is 36.2 Å². The molecule has 87 heavy (non-hydrogen) atoms. The van der Waals surface area contributed by atoms with Crippen LogP contribution in [0.1, 0.15) is 89.9 Å². The molecule has 1 aliphatic heterocycles. The van der Waals surface area contributed by atoms with Crippen molar-refractivity contribution in [3.8, 4) is 5.75 Å². The van der Waals surface area contributed by atoms with Crippen LogP contribution in [0.4, 0.5) is 11.4 Å². The molecule has 0 saturated heterocycles. The maximum absolute atomic E-state index is 15.0. The standard InChI is InChI=1S/C55H72N14O16S2/c1-36(2)27-43(62-84-3)53(73)59-44(28-37-15-5-4-6-16-37)55(75)67-33-41(61-63-67)35-85-50-39-29-38(51(58)71)30-40(50)32-66(87(82,83)49-21-10-8-19-47(49)69(78)79)26-14-24-64(54(74)45(34-70)60-52(72)42(57)17-11-12-22-56)23-13-25-65(31-39)86(80,81)48-20-9-7-18-46(48)68(76)77/h4-10,15-16,18-21,29-30,33,36,42-45,62,70H,11-14,17,22-28,31-32,34-35,56-57H2,1-3H3,(H2,58,71)(H,59,73)(H,60,72)/t42-,43-,44-,45-/m0/s1. The maximum atomic E-state index is 15.0. The second-order valence-corrected chi connectivity index (χ2v) is 24.6. The number of sulfonamides is 2.